The summed E-state index contributed by atoms with van der Waals surface area (Å²) in [5, 5.41) is 10.8. The molecule has 10 nitrogen and oxygen atoms in total. The SMILES string of the molecule is O=C=C1C=CN=C2C(n3ncc(C(=O)Nc4cnc(-n5cccn5)c(C(F)(F)F)c4)c3C3CC3)=CC=CN12. The van der Waals surface area contributed by atoms with Crippen LogP contribution in [0.2, 0.25) is 0 Å². The molecular formula is C25H17F3N8O2. The first-order valence-corrected chi connectivity index (χ1v) is 11.5. The van der Waals surface area contributed by atoms with Crippen LogP contribution < -0.4 is 5.32 Å². The third-order valence-electron chi connectivity index (χ3n) is 6.13. The third-order valence-corrected chi connectivity index (χ3v) is 6.13. The second-order valence-electron chi connectivity index (χ2n) is 8.65. The number of hydrogen-bond acceptors (Lipinski definition) is 7. The molecule has 0 spiro atoms. The molecule has 5 heterocycles. The first kappa shape index (κ1) is 23.4. The molecule has 0 aromatic carbocycles. The molecule has 190 valence electrons. The van der Waals surface area contributed by atoms with Gasteiger partial charge >= 0.3 is 6.18 Å². The number of aromatic nitrogens is 5. The number of hydrogen-bond donors (Lipinski definition) is 1. The number of aliphatic imine (C=N–C) groups is 1. The van der Waals surface area contributed by atoms with Crippen molar-refractivity contribution in [3.8, 4) is 5.82 Å². The van der Waals surface area contributed by atoms with Gasteiger partial charge in [-0.25, -0.2) is 24.1 Å². The summed E-state index contributed by atoms with van der Waals surface area (Å²) in [7, 11) is 0. The predicted octanol–water partition coefficient (Wildman–Crippen LogP) is 3.92. The number of halogens is 3. The van der Waals surface area contributed by atoms with Gasteiger partial charge in [0.2, 0.25) is 0 Å². The first-order chi connectivity index (χ1) is 18.3. The molecule has 3 aliphatic rings. The Morgan fingerprint density at radius 1 is 1.18 bits per heavy atom. The van der Waals surface area contributed by atoms with E-state index in [2.05, 4.69) is 25.5 Å². The van der Waals surface area contributed by atoms with Crippen LogP contribution in [0.5, 0.6) is 0 Å². The predicted molar refractivity (Wildman–Crippen MR) is 130 cm³/mol. The summed E-state index contributed by atoms with van der Waals surface area (Å²) in [6.45, 7) is 0. The van der Waals surface area contributed by atoms with Crippen LogP contribution in [0, 0.1) is 0 Å². The Morgan fingerprint density at radius 2 is 2.03 bits per heavy atom. The normalized spacial score (nSPS) is 16.6. The van der Waals surface area contributed by atoms with E-state index in [4.69, 9.17) is 0 Å². The summed E-state index contributed by atoms with van der Waals surface area (Å²) in [6, 6.07) is 2.31. The average molecular weight is 518 g/mol. The van der Waals surface area contributed by atoms with Crippen LogP contribution in [0.25, 0.3) is 11.5 Å². The van der Waals surface area contributed by atoms with Gasteiger partial charge in [0, 0.05) is 30.7 Å². The molecule has 0 saturated heterocycles. The second kappa shape index (κ2) is 8.82. The van der Waals surface area contributed by atoms with Crippen LogP contribution in [0.4, 0.5) is 18.9 Å². The molecule has 1 N–H and O–H groups in total. The third kappa shape index (κ3) is 4.04. The molecule has 0 radical (unpaired) electrons. The molecule has 6 rings (SSSR count). The molecule has 1 amide bonds. The van der Waals surface area contributed by atoms with E-state index in [1.54, 1.807) is 27.9 Å². The van der Waals surface area contributed by atoms with Crippen LogP contribution in [-0.2, 0) is 11.0 Å². The van der Waals surface area contributed by atoms with Crippen molar-refractivity contribution in [3.63, 3.8) is 0 Å². The summed E-state index contributed by atoms with van der Waals surface area (Å²) in [6.07, 6.45) is 10.3. The standard InChI is InChI=1S/C25H17F3N8O2/c26-25(27,28)19-11-16(12-30-22(19)35-10-2-7-31-35)33-24(38)18-13-32-36(21(18)15-4-5-15)20-3-1-9-34-17(14-37)6-8-29-23(20)34/h1-3,6-13,15H,4-5H2,(H,33,38). The molecule has 1 aliphatic carbocycles. The summed E-state index contributed by atoms with van der Waals surface area (Å²) >= 11 is 0. The Labute approximate surface area is 212 Å². The second-order valence-corrected chi connectivity index (χ2v) is 8.65. The Balaban J connectivity index is 1.34. The number of nitrogens with one attached hydrogen (secondary N) is 1. The summed E-state index contributed by atoms with van der Waals surface area (Å²) in [5.41, 5.74) is 0.462. The van der Waals surface area contributed by atoms with Crippen LogP contribution in [0.1, 0.15) is 40.4 Å². The lowest BCUT2D eigenvalue weighted by molar-refractivity contribution is -0.137. The minimum atomic E-state index is -4.73. The van der Waals surface area contributed by atoms with Crippen LogP contribution in [-0.4, -0.2) is 47.1 Å². The van der Waals surface area contributed by atoms with Crippen molar-refractivity contribution in [3.05, 3.63) is 90.1 Å². The van der Waals surface area contributed by atoms with E-state index in [1.807, 2.05) is 5.94 Å². The van der Waals surface area contributed by atoms with E-state index in [1.165, 1.54) is 36.9 Å². The molecule has 13 heteroatoms. The molecule has 0 bridgehead atoms. The monoisotopic (exact) mass is 518 g/mol. The highest BCUT2D eigenvalue weighted by Crippen LogP contribution is 2.43. The highest BCUT2D eigenvalue weighted by molar-refractivity contribution is 6.20. The minimum Gasteiger partial charge on any atom is -0.320 e. The lowest BCUT2D eigenvalue weighted by Crippen LogP contribution is -2.32. The number of fused-ring (bicyclic) bond motifs is 1. The smallest absolute Gasteiger partial charge is 0.320 e. The Morgan fingerprint density at radius 3 is 2.74 bits per heavy atom. The minimum absolute atomic E-state index is 0.0328. The fourth-order valence-electron chi connectivity index (χ4n) is 4.30. The maximum atomic E-state index is 13.8. The van der Waals surface area contributed by atoms with Crippen molar-refractivity contribution in [1.29, 1.82) is 0 Å². The number of amidine groups is 1. The van der Waals surface area contributed by atoms with Crippen molar-refractivity contribution in [2.75, 3.05) is 5.32 Å². The molecule has 2 aliphatic heterocycles. The van der Waals surface area contributed by atoms with E-state index < -0.39 is 23.5 Å². The van der Waals surface area contributed by atoms with Gasteiger partial charge in [0.1, 0.15) is 17.0 Å². The number of allylic oxidation sites excluding steroid dienone is 3. The molecule has 1 fully saturated rings. The average Bonchev–Trinajstić information content (AvgIpc) is 3.41. The summed E-state index contributed by atoms with van der Waals surface area (Å²) in [4.78, 5) is 34.5. The van der Waals surface area contributed by atoms with Gasteiger partial charge in [-0.1, -0.05) is 0 Å². The fourth-order valence-corrected chi connectivity index (χ4v) is 4.30. The van der Waals surface area contributed by atoms with Gasteiger partial charge in [-0.3, -0.25) is 9.69 Å². The maximum absolute atomic E-state index is 13.8. The number of carbonyl (C=O) groups excluding carboxylic acids is 2. The Kier molecular flexibility index (Phi) is 5.42. The van der Waals surface area contributed by atoms with Crippen molar-refractivity contribution in [1.82, 2.24) is 29.4 Å². The summed E-state index contributed by atoms with van der Waals surface area (Å²) in [5.74, 6) is 1.30. The van der Waals surface area contributed by atoms with E-state index in [9.17, 15) is 22.8 Å². The van der Waals surface area contributed by atoms with Gasteiger partial charge in [-0.15, -0.1) is 0 Å². The van der Waals surface area contributed by atoms with E-state index in [-0.39, 0.29) is 22.9 Å². The first-order valence-electron chi connectivity index (χ1n) is 11.5. The van der Waals surface area contributed by atoms with Crippen molar-refractivity contribution in [2.45, 2.75) is 24.9 Å². The van der Waals surface area contributed by atoms with Gasteiger partial charge in [0.15, 0.2) is 17.6 Å². The van der Waals surface area contributed by atoms with Crippen LogP contribution in [0.15, 0.2) is 78.2 Å². The number of rotatable bonds is 5. The molecule has 3 aromatic heterocycles. The number of nitrogens with zero attached hydrogens (tertiary/aromatic N) is 7. The van der Waals surface area contributed by atoms with Gasteiger partial charge in [0.25, 0.3) is 5.91 Å². The number of pyridine rings is 1. The van der Waals surface area contributed by atoms with Crippen molar-refractivity contribution in [2.24, 2.45) is 4.99 Å². The van der Waals surface area contributed by atoms with E-state index >= 15 is 0 Å². The fraction of sp³-hybridized carbons (Fsp3) is 0.160. The zero-order chi connectivity index (χ0) is 26.4. The molecule has 0 unspecified atom stereocenters. The van der Waals surface area contributed by atoms with Crippen LogP contribution in [0.3, 0.4) is 0 Å². The quantitative estimate of drug-likeness (QED) is 0.513. The zero-order valence-corrected chi connectivity index (χ0v) is 19.4. The van der Waals surface area contributed by atoms with Gasteiger partial charge < -0.3 is 5.32 Å². The highest BCUT2D eigenvalue weighted by Gasteiger charge is 2.37. The highest BCUT2D eigenvalue weighted by atomic mass is 19.4. The number of alkyl halides is 3. The van der Waals surface area contributed by atoms with Gasteiger partial charge in [-0.2, -0.15) is 23.4 Å². The Bertz CT molecular complexity index is 1620. The molecule has 0 atom stereocenters. The zero-order valence-electron chi connectivity index (χ0n) is 19.4. The van der Waals surface area contributed by atoms with Crippen molar-refractivity contribution >= 4 is 29.1 Å². The topological polar surface area (TPSA) is 110 Å². The molecule has 38 heavy (non-hydrogen) atoms. The molecule has 1 saturated carbocycles. The van der Waals surface area contributed by atoms with Gasteiger partial charge in [-0.05, 0) is 43.2 Å². The van der Waals surface area contributed by atoms with Crippen molar-refractivity contribution < 1.29 is 22.8 Å². The number of carbonyl (C=O) groups is 1. The lowest BCUT2D eigenvalue weighted by Gasteiger charge is -2.27. The Hall–Kier alpha value is -5.03. The molecular weight excluding hydrogens is 501 g/mol. The number of amides is 1. The largest absolute Gasteiger partial charge is 0.420 e. The maximum Gasteiger partial charge on any atom is 0.420 e. The summed E-state index contributed by atoms with van der Waals surface area (Å²) < 4.78 is 44.0. The van der Waals surface area contributed by atoms with Gasteiger partial charge in [0.05, 0.1) is 29.3 Å². The number of anilines is 1. The molecule has 3 aromatic rings. The van der Waals surface area contributed by atoms with E-state index in [0.29, 0.717) is 17.2 Å². The lowest BCUT2D eigenvalue weighted by atomic mass is 10.1. The van der Waals surface area contributed by atoms with E-state index in [0.717, 1.165) is 29.8 Å². The van der Waals surface area contributed by atoms with Crippen LogP contribution >= 0.6 is 0 Å².